The maximum atomic E-state index is 13.1. The number of rotatable bonds is 4. The van der Waals surface area contributed by atoms with Crippen LogP contribution >= 0.6 is 12.4 Å². The third-order valence-electron chi connectivity index (χ3n) is 5.31. The van der Waals surface area contributed by atoms with Crippen molar-refractivity contribution in [3.05, 3.63) is 72.4 Å². The molecule has 1 aliphatic rings. The van der Waals surface area contributed by atoms with Crippen LogP contribution in [0, 0.1) is 5.92 Å². The average Bonchev–Trinajstić information content (AvgIpc) is 3.35. The number of carbonyl (C=O) groups is 1. The Kier molecular flexibility index (Phi) is 6.17. The molecule has 0 aliphatic carbocycles. The third kappa shape index (κ3) is 3.81. The Morgan fingerprint density at radius 3 is 2.64 bits per heavy atom. The van der Waals surface area contributed by atoms with Crippen LogP contribution in [0.25, 0.3) is 16.9 Å². The number of nitrogens with zero attached hydrogens (tertiary/aromatic N) is 3. The highest BCUT2D eigenvalue weighted by molar-refractivity contribution is 5.95. The van der Waals surface area contributed by atoms with Gasteiger partial charge in [-0.15, -0.1) is 12.4 Å². The highest BCUT2D eigenvalue weighted by Crippen LogP contribution is 2.26. The minimum absolute atomic E-state index is 0. The van der Waals surface area contributed by atoms with Crippen LogP contribution in [0.5, 0.6) is 0 Å². The lowest BCUT2D eigenvalue weighted by Crippen LogP contribution is -2.34. The molecule has 1 saturated heterocycles. The summed E-state index contributed by atoms with van der Waals surface area (Å²) in [5.41, 5.74) is 9.46. The van der Waals surface area contributed by atoms with Crippen LogP contribution in [0.3, 0.4) is 0 Å². The maximum Gasteiger partial charge on any atom is 0.254 e. The van der Waals surface area contributed by atoms with E-state index in [9.17, 15) is 4.79 Å². The number of aromatic nitrogens is 2. The van der Waals surface area contributed by atoms with Gasteiger partial charge in [0.25, 0.3) is 5.91 Å². The number of halogens is 1. The predicted molar refractivity (Wildman–Crippen MR) is 114 cm³/mol. The van der Waals surface area contributed by atoms with Gasteiger partial charge in [-0.1, -0.05) is 36.4 Å². The molecule has 2 heterocycles. The third-order valence-corrected chi connectivity index (χ3v) is 5.31. The highest BCUT2D eigenvalue weighted by Gasteiger charge is 2.32. The minimum atomic E-state index is 0. The summed E-state index contributed by atoms with van der Waals surface area (Å²) < 4.78 is 1.88. The quantitative estimate of drug-likeness (QED) is 0.730. The van der Waals surface area contributed by atoms with Gasteiger partial charge in [0.1, 0.15) is 0 Å². The van der Waals surface area contributed by atoms with Crippen LogP contribution < -0.4 is 5.73 Å². The molecule has 28 heavy (non-hydrogen) atoms. The second kappa shape index (κ2) is 8.59. The van der Waals surface area contributed by atoms with E-state index in [1.165, 1.54) is 0 Å². The predicted octanol–water partition coefficient (Wildman–Crippen LogP) is 3.77. The molecule has 4 rings (SSSR count). The van der Waals surface area contributed by atoms with Gasteiger partial charge in [-0.2, -0.15) is 5.10 Å². The van der Waals surface area contributed by atoms with E-state index in [0.717, 1.165) is 29.9 Å². The summed E-state index contributed by atoms with van der Waals surface area (Å²) in [5.74, 6) is 0.455. The van der Waals surface area contributed by atoms with Crippen molar-refractivity contribution in [2.45, 2.75) is 19.4 Å². The van der Waals surface area contributed by atoms with Crippen molar-refractivity contribution in [3.63, 3.8) is 0 Å². The summed E-state index contributed by atoms with van der Waals surface area (Å²) in [6, 6.07) is 20.0. The van der Waals surface area contributed by atoms with Crippen LogP contribution in [-0.4, -0.2) is 39.7 Å². The first-order valence-corrected chi connectivity index (χ1v) is 9.38. The first-order valence-electron chi connectivity index (χ1n) is 9.38. The van der Waals surface area contributed by atoms with E-state index in [1.807, 2.05) is 58.1 Å². The van der Waals surface area contributed by atoms with E-state index in [2.05, 4.69) is 24.2 Å². The van der Waals surface area contributed by atoms with E-state index >= 15 is 0 Å². The maximum absolute atomic E-state index is 13.1. The van der Waals surface area contributed by atoms with Crippen LogP contribution in [0.2, 0.25) is 0 Å². The Bertz CT molecular complexity index is 940. The van der Waals surface area contributed by atoms with Gasteiger partial charge >= 0.3 is 0 Å². The summed E-state index contributed by atoms with van der Waals surface area (Å²) in [7, 11) is 0. The lowest BCUT2D eigenvalue weighted by molar-refractivity contribution is 0.0743. The van der Waals surface area contributed by atoms with Crippen molar-refractivity contribution >= 4 is 18.3 Å². The zero-order valence-electron chi connectivity index (χ0n) is 15.9. The molecule has 1 aromatic heterocycles. The summed E-state index contributed by atoms with van der Waals surface area (Å²) >= 11 is 0. The molecule has 0 radical (unpaired) electrons. The molecule has 2 N–H and O–H groups in total. The Balaban J connectivity index is 0.00000225. The van der Waals surface area contributed by atoms with Crippen LogP contribution in [-0.2, 0) is 0 Å². The molecule has 1 amide bonds. The van der Waals surface area contributed by atoms with Crippen molar-refractivity contribution in [2.75, 3.05) is 13.1 Å². The van der Waals surface area contributed by atoms with Gasteiger partial charge < -0.3 is 10.6 Å². The molecular weight excluding hydrogens is 372 g/mol. The number of amides is 1. The number of nitrogens with two attached hydrogens (primary N) is 1. The van der Waals surface area contributed by atoms with Gasteiger partial charge in [-0.05, 0) is 50.1 Å². The number of carbonyl (C=O) groups excluding carboxylic acids is 1. The van der Waals surface area contributed by atoms with Crippen molar-refractivity contribution < 1.29 is 4.79 Å². The Morgan fingerprint density at radius 2 is 1.93 bits per heavy atom. The number of likely N-dealkylation sites (tertiary alicyclic amines) is 1. The zero-order valence-corrected chi connectivity index (χ0v) is 16.7. The van der Waals surface area contributed by atoms with Crippen molar-refractivity contribution in [1.82, 2.24) is 14.7 Å². The molecule has 5 nitrogen and oxygen atoms in total. The molecule has 0 spiro atoms. The van der Waals surface area contributed by atoms with Crippen molar-refractivity contribution in [2.24, 2.45) is 11.7 Å². The molecule has 0 bridgehead atoms. The smallest absolute Gasteiger partial charge is 0.254 e. The standard InChI is InChI=1S/C22H24N4O.ClH/c1-16-12-17(14-23)15-25(16)22(27)19-8-5-9-20(13-19)26-21(10-11-24-26)18-6-3-2-4-7-18;/h2-11,13,16-17H,12,14-15,23H2,1H3;1H. The fourth-order valence-corrected chi connectivity index (χ4v) is 3.87. The average molecular weight is 397 g/mol. The summed E-state index contributed by atoms with van der Waals surface area (Å²) in [4.78, 5) is 15.0. The van der Waals surface area contributed by atoms with E-state index < -0.39 is 0 Å². The second-order valence-electron chi connectivity index (χ2n) is 7.19. The van der Waals surface area contributed by atoms with Gasteiger partial charge in [-0.3, -0.25) is 4.79 Å². The first kappa shape index (κ1) is 20.1. The van der Waals surface area contributed by atoms with E-state index in [0.29, 0.717) is 18.0 Å². The summed E-state index contributed by atoms with van der Waals surface area (Å²) in [5, 5.41) is 4.48. The van der Waals surface area contributed by atoms with Crippen molar-refractivity contribution in [1.29, 1.82) is 0 Å². The van der Waals surface area contributed by atoms with E-state index in [4.69, 9.17) is 5.73 Å². The van der Waals surface area contributed by atoms with Crippen LogP contribution in [0.15, 0.2) is 66.9 Å². The van der Waals surface area contributed by atoms with Crippen LogP contribution in [0.4, 0.5) is 0 Å². The van der Waals surface area contributed by atoms with Gasteiger partial charge in [-0.25, -0.2) is 4.68 Å². The van der Waals surface area contributed by atoms with Gasteiger partial charge in [0.15, 0.2) is 0 Å². The fourth-order valence-electron chi connectivity index (χ4n) is 3.87. The number of hydrogen-bond acceptors (Lipinski definition) is 3. The Morgan fingerprint density at radius 1 is 1.14 bits per heavy atom. The molecule has 2 unspecified atom stereocenters. The van der Waals surface area contributed by atoms with Crippen LogP contribution in [0.1, 0.15) is 23.7 Å². The molecule has 6 heteroatoms. The van der Waals surface area contributed by atoms with Crippen molar-refractivity contribution in [3.8, 4) is 16.9 Å². The Hall–Kier alpha value is -2.63. The Labute approximate surface area is 171 Å². The second-order valence-corrected chi connectivity index (χ2v) is 7.19. The molecule has 0 saturated carbocycles. The largest absolute Gasteiger partial charge is 0.336 e. The van der Waals surface area contributed by atoms with Gasteiger partial charge in [0.2, 0.25) is 0 Å². The lowest BCUT2D eigenvalue weighted by atomic mass is 10.1. The minimum Gasteiger partial charge on any atom is -0.336 e. The summed E-state index contributed by atoms with van der Waals surface area (Å²) in [6.45, 7) is 3.46. The summed E-state index contributed by atoms with van der Waals surface area (Å²) in [6.07, 6.45) is 2.75. The first-order chi connectivity index (χ1) is 13.2. The monoisotopic (exact) mass is 396 g/mol. The SMILES string of the molecule is CC1CC(CN)CN1C(=O)c1cccc(-n2nccc2-c2ccccc2)c1.Cl. The molecule has 146 valence electrons. The fraction of sp³-hybridized carbons (Fsp3) is 0.273. The molecule has 1 fully saturated rings. The number of hydrogen-bond donors (Lipinski definition) is 1. The number of benzene rings is 2. The molecule has 1 aliphatic heterocycles. The van der Waals surface area contributed by atoms with E-state index in [1.54, 1.807) is 6.20 Å². The van der Waals surface area contributed by atoms with Gasteiger partial charge in [0, 0.05) is 23.7 Å². The molecule has 2 atom stereocenters. The van der Waals surface area contributed by atoms with Gasteiger partial charge in [0.05, 0.1) is 17.6 Å². The molecule has 3 aromatic rings. The topological polar surface area (TPSA) is 64.2 Å². The molecule has 2 aromatic carbocycles. The highest BCUT2D eigenvalue weighted by atomic mass is 35.5. The normalized spacial score (nSPS) is 18.7. The lowest BCUT2D eigenvalue weighted by Gasteiger charge is -2.22. The zero-order chi connectivity index (χ0) is 18.8. The molecular formula is C22H25ClN4O. The van der Waals surface area contributed by atoms with E-state index in [-0.39, 0.29) is 24.4 Å².